The van der Waals surface area contributed by atoms with Gasteiger partial charge in [0.1, 0.15) is 6.10 Å². The Kier molecular flexibility index (Phi) is 5.53. The molecule has 0 radical (unpaired) electrons. The van der Waals surface area contributed by atoms with Crippen molar-refractivity contribution in [3.63, 3.8) is 0 Å². The van der Waals surface area contributed by atoms with Crippen molar-refractivity contribution in [2.75, 3.05) is 20.2 Å². The van der Waals surface area contributed by atoms with Crippen LogP contribution in [0, 0.1) is 17.5 Å². The molecule has 1 aliphatic rings. The summed E-state index contributed by atoms with van der Waals surface area (Å²) >= 11 is 6.33. The third-order valence-electron chi connectivity index (χ3n) is 4.35. The highest BCUT2D eigenvalue weighted by molar-refractivity contribution is 6.33. The Morgan fingerprint density at radius 2 is 1.92 bits per heavy atom. The number of hydrogen-bond donors (Lipinski definition) is 0. The molecule has 3 nitrogen and oxygen atoms in total. The number of benzene rings is 2. The summed E-state index contributed by atoms with van der Waals surface area (Å²) in [5, 5.41) is 0.406. The van der Waals surface area contributed by atoms with Gasteiger partial charge in [-0.3, -0.25) is 0 Å². The SMILES string of the molecule is CCN(C)/C=N/c1cc2c(cc1Cl)C(c1cc(F)c(F)c(F)c1)OCC2. The molecule has 0 saturated carbocycles. The van der Waals surface area contributed by atoms with E-state index in [9.17, 15) is 13.2 Å². The number of aliphatic imine (C=N–C) groups is 1. The van der Waals surface area contributed by atoms with Crippen LogP contribution >= 0.6 is 11.6 Å². The van der Waals surface area contributed by atoms with Gasteiger partial charge >= 0.3 is 0 Å². The van der Waals surface area contributed by atoms with E-state index in [2.05, 4.69) is 4.99 Å². The summed E-state index contributed by atoms with van der Waals surface area (Å²) in [7, 11) is 1.90. The van der Waals surface area contributed by atoms with Crippen molar-refractivity contribution in [3.05, 3.63) is 63.4 Å². The van der Waals surface area contributed by atoms with Crippen molar-refractivity contribution in [2.45, 2.75) is 19.4 Å². The van der Waals surface area contributed by atoms with Gasteiger partial charge in [-0.2, -0.15) is 0 Å². The summed E-state index contributed by atoms with van der Waals surface area (Å²) in [4.78, 5) is 6.29. The second-order valence-electron chi connectivity index (χ2n) is 6.12. The van der Waals surface area contributed by atoms with E-state index >= 15 is 0 Å². The van der Waals surface area contributed by atoms with Gasteiger partial charge in [0.25, 0.3) is 0 Å². The summed E-state index contributed by atoms with van der Waals surface area (Å²) in [6.45, 7) is 3.19. The van der Waals surface area contributed by atoms with Crippen LogP contribution in [0.25, 0.3) is 0 Å². The maximum atomic E-state index is 13.6. The van der Waals surface area contributed by atoms with Crippen LogP contribution in [0.5, 0.6) is 0 Å². The molecule has 1 atom stereocenters. The standard InChI is InChI=1S/C19H18ClF3N2O/c1-3-25(2)10-24-17-8-11-4-5-26-19(13(11)9-14(17)20)12-6-15(21)18(23)16(22)7-12/h6-10,19H,3-5H2,1-2H3/b24-10+. The first kappa shape index (κ1) is 18.7. The third-order valence-corrected chi connectivity index (χ3v) is 4.65. The van der Waals surface area contributed by atoms with Crippen molar-refractivity contribution in [1.82, 2.24) is 4.90 Å². The van der Waals surface area contributed by atoms with Crippen molar-refractivity contribution in [3.8, 4) is 0 Å². The van der Waals surface area contributed by atoms with Crippen LogP contribution in [0.15, 0.2) is 29.3 Å². The van der Waals surface area contributed by atoms with Gasteiger partial charge in [-0.25, -0.2) is 18.2 Å². The molecule has 138 valence electrons. The Morgan fingerprint density at radius 1 is 1.23 bits per heavy atom. The van der Waals surface area contributed by atoms with Crippen LogP contribution in [0.1, 0.15) is 29.7 Å². The molecule has 3 rings (SSSR count). The van der Waals surface area contributed by atoms with Crippen LogP contribution in [0.3, 0.4) is 0 Å². The van der Waals surface area contributed by atoms with E-state index < -0.39 is 23.6 Å². The Bertz CT molecular complexity index is 834. The van der Waals surface area contributed by atoms with Gasteiger partial charge in [-0.05, 0) is 54.3 Å². The lowest BCUT2D eigenvalue weighted by molar-refractivity contribution is 0.0693. The Balaban J connectivity index is 2.00. The monoisotopic (exact) mass is 382 g/mol. The van der Waals surface area contributed by atoms with Gasteiger partial charge in [-0.15, -0.1) is 0 Å². The molecule has 1 aliphatic heterocycles. The minimum absolute atomic E-state index is 0.209. The van der Waals surface area contributed by atoms with Crippen molar-refractivity contribution < 1.29 is 17.9 Å². The molecule has 0 fully saturated rings. The normalized spacial score (nSPS) is 16.8. The first-order chi connectivity index (χ1) is 12.4. The zero-order valence-corrected chi connectivity index (χ0v) is 15.2. The van der Waals surface area contributed by atoms with Gasteiger partial charge in [-0.1, -0.05) is 11.6 Å². The molecule has 0 aromatic heterocycles. The summed E-state index contributed by atoms with van der Waals surface area (Å²) in [6.07, 6.45) is 1.60. The topological polar surface area (TPSA) is 24.8 Å². The van der Waals surface area contributed by atoms with E-state index in [0.29, 0.717) is 29.3 Å². The molecule has 0 N–H and O–H groups in total. The highest BCUT2D eigenvalue weighted by Gasteiger charge is 2.26. The first-order valence-corrected chi connectivity index (χ1v) is 8.61. The minimum atomic E-state index is -1.49. The number of fused-ring (bicyclic) bond motifs is 1. The van der Waals surface area contributed by atoms with E-state index in [1.165, 1.54) is 0 Å². The third kappa shape index (κ3) is 3.71. The lowest BCUT2D eigenvalue weighted by atomic mass is 9.92. The zero-order chi connectivity index (χ0) is 18.8. The predicted molar refractivity (Wildman–Crippen MR) is 95.7 cm³/mol. The van der Waals surface area contributed by atoms with Gasteiger partial charge in [0.15, 0.2) is 17.5 Å². The van der Waals surface area contributed by atoms with Crippen LogP contribution in [-0.4, -0.2) is 31.4 Å². The Hall–Kier alpha value is -2.05. The highest BCUT2D eigenvalue weighted by Crippen LogP contribution is 2.39. The average Bonchev–Trinajstić information content (AvgIpc) is 2.63. The summed E-state index contributed by atoms with van der Waals surface area (Å²) < 4.78 is 46.1. The molecule has 0 bridgehead atoms. The largest absolute Gasteiger partial charge is 0.368 e. The molecule has 1 heterocycles. The van der Waals surface area contributed by atoms with Gasteiger partial charge in [0, 0.05) is 13.6 Å². The summed E-state index contributed by atoms with van der Waals surface area (Å²) in [5.74, 6) is -3.98. The number of ether oxygens (including phenoxy) is 1. The fourth-order valence-electron chi connectivity index (χ4n) is 2.80. The fourth-order valence-corrected chi connectivity index (χ4v) is 3.02. The Morgan fingerprint density at radius 3 is 2.58 bits per heavy atom. The van der Waals surface area contributed by atoms with Crippen LogP contribution in [0.2, 0.25) is 5.02 Å². The average molecular weight is 383 g/mol. The van der Waals surface area contributed by atoms with E-state index in [0.717, 1.165) is 24.2 Å². The fraction of sp³-hybridized carbons (Fsp3) is 0.316. The molecule has 1 unspecified atom stereocenters. The quantitative estimate of drug-likeness (QED) is 0.421. The summed E-state index contributed by atoms with van der Waals surface area (Å²) in [5.41, 5.74) is 2.46. The second-order valence-corrected chi connectivity index (χ2v) is 6.53. The second kappa shape index (κ2) is 7.68. The Labute approximate surface area is 155 Å². The molecule has 0 amide bonds. The molecule has 2 aromatic carbocycles. The molecule has 0 aliphatic carbocycles. The van der Waals surface area contributed by atoms with Gasteiger partial charge < -0.3 is 9.64 Å². The van der Waals surface area contributed by atoms with Gasteiger partial charge in [0.2, 0.25) is 0 Å². The van der Waals surface area contributed by atoms with Crippen LogP contribution < -0.4 is 0 Å². The maximum absolute atomic E-state index is 13.6. The molecular weight excluding hydrogens is 365 g/mol. The van der Waals surface area contributed by atoms with E-state index in [-0.39, 0.29) is 5.56 Å². The number of hydrogen-bond acceptors (Lipinski definition) is 2. The zero-order valence-electron chi connectivity index (χ0n) is 14.4. The first-order valence-electron chi connectivity index (χ1n) is 8.23. The van der Waals surface area contributed by atoms with E-state index in [1.54, 1.807) is 12.4 Å². The van der Waals surface area contributed by atoms with Crippen molar-refractivity contribution in [1.29, 1.82) is 0 Å². The predicted octanol–water partition coefficient (Wildman–Crippen LogP) is 5.03. The molecule has 2 aromatic rings. The molecular formula is C19H18ClF3N2O. The lowest BCUT2D eigenvalue weighted by Gasteiger charge is -2.27. The van der Waals surface area contributed by atoms with Crippen LogP contribution in [0.4, 0.5) is 18.9 Å². The molecule has 7 heteroatoms. The minimum Gasteiger partial charge on any atom is -0.368 e. The van der Waals surface area contributed by atoms with E-state index in [1.807, 2.05) is 24.9 Å². The number of halogens is 4. The number of nitrogens with zero attached hydrogens (tertiary/aromatic N) is 2. The van der Waals surface area contributed by atoms with E-state index in [4.69, 9.17) is 16.3 Å². The highest BCUT2D eigenvalue weighted by atomic mass is 35.5. The molecule has 0 saturated heterocycles. The van der Waals surface area contributed by atoms with Crippen molar-refractivity contribution in [2.24, 2.45) is 4.99 Å². The maximum Gasteiger partial charge on any atom is 0.194 e. The molecule has 0 spiro atoms. The lowest BCUT2D eigenvalue weighted by Crippen LogP contribution is -2.18. The number of rotatable bonds is 4. The smallest absolute Gasteiger partial charge is 0.194 e. The van der Waals surface area contributed by atoms with Crippen LogP contribution in [-0.2, 0) is 11.2 Å². The van der Waals surface area contributed by atoms with Crippen molar-refractivity contribution >= 4 is 23.6 Å². The van der Waals surface area contributed by atoms with Gasteiger partial charge in [0.05, 0.1) is 23.7 Å². The molecule has 26 heavy (non-hydrogen) atoms. The summed E-state index contributed by atoms with van der Waals surface area (Å²) in [6, 6.07) is 5.45.